The average molecular weight is 521 g/mol. The Labute approximate surface area is 229 Å². The number of halogens is 3. The van der Waals surface area contributed by atoms with Gasteiger partial charge in [-0.2, -0.15) is 8.78 Å². The van der Waals surface area contributed by atoms with Gasteiger partial charge in [-0.05, 0) is 40.5 Å². The van der Waals surface area contributed by atoms with Crippen molar-refractivity contribution in [2.45, 2.75) is 34.3 Å². The Balaban J connectivity index is 1.61. The minimum Gasteiger partial charge on any atom is -0.358 e. The molecule has 178 valence electrons. The lowest BCUT2D eigenvalue weighted by molar-refractivity contribution is -0.147. The van der Waals surface area contributed by atoms with Crippen LogP contribution in [-0.2, 0) is 32.2 Å². The van der Waals surface area contributed by atoms with Gasteiger partial charge in [-0.1, -0.05) is 41.1 Å². The van der Waals surface area contributed by atoms with Crippen LogP contribution < -0.4 is 10.6 Å². The highest BCUT2D eigenvalue weighted by atomic mass is 35.5. The fourth-order valence-corrected chi connectivity index (χ4v) is 4.41. The molecule has 0 bridgehead atoms. The third kappa shape index (κ3) is 4.19. The van der Waals surface area contributed by atoms with Crippen molar-refractivity contribution in [1.82, 2.24) is 15.5 Å². The van der Waals surface area contributed by atoms with E-state index in [9.17, 15) is 28.0 Å². The van der Waals surface area contributed by atoms with Crippen molar-refractivity contribution in [3.63, 3.8) is 0 Å². The van der Waals surface area contributed by atoms with Gasteiger partial charge in [0.25, 0.3) is 11.8 Å². The molecule has 1 fully saturated rings. The molecule has 4 rings (SSSR count). The zero-order valence-corrected chi connectivity index (χ0v) is 20.3. The largest absolute Gasteiger partial charge is 0.358 e. The molecule has 2 aromatic carbocycles. The van der Waals surface area contributed by atoms with Crippen LogP contribution in [0.4, 0.5) is 8.78 Å². The van der Waals surface area contributed by atoms with Crippen molar-refractivity contribution in [2.75, 3.05) is 0 Å². The van der Waals surface area contributed by atoms with E-state index in [4.69, 9.17) is 58.7 Å². The zero-order valence-electron chi connectivity index (χ0n) is 19.5. The quantitative estimate of drug-likeness (QED) is 0.414. The molecule has 2 heterocycles. The number of carbonyl (C=O) groups excluding carboxylic acids is 4. The molecular formula is C22H12B6ClF2N3O4. The fraction of sp³-hybridized carbons (Fsp3) is 0.273. The van der Waals surface area contributed by atoms with Crippen molar-refractivity contribution in [1.29, 1.82) is 0 Å². The average Bonchev–Trinajstić information content (AvgIpc) is 3.18. The highest BCUT2D eigenvalue weighted by Crippen LogP contribution is 2.49. The summed E-state index contributed by atoms with van der Waals surface area (Å²) in [5.41, 5.74) is -2.93. The topological polar surface area (TPSA) is 95.6 Å². The Morgan fingerprint density at radius 2 is 1.63 bits per heavy atom. The van der Waals surface area contributed by atoms with Crippen LogP contribution in [0.2, 0.25) is 16.1 Å². The van der Waals surface area contributed by atoms with Crippen LogP contribution in [0.1, 0.15) is 27.0 Å². The maximum Gasteiger partial charge on any atom is 0.349 e. The lowest BCUT2D eigenvalue weighted by Crippen LogP contribution is -2.72. The summed E-state index contributed by atoms with van der Waals surface area (Å²) >= 11 is 5.71. The number of amides is 4. The second-order valence-electron chi connectivity index (χ2n) is 9.16. The maximum atomic E-state index is 14.7. The Kier molecular flexibility index (Phi) is 6.70. The molecule has 2 unspecified atom stereocenters. The first-order valence-electron chi connectivity index (χ1n) is 10.9. The summed E-state index contributed by atoms with van der Waals surface area (Å²) in [6, 6.07) is 8.06. The Morgan fingerprint density at radius 1 is 1.05 bits per heavy atom. The Morgan fingerprint density at radius 3 is 2.24 bits per heavy atom. The van der Waals surface area contributed by atoms with Gasteiger partial charge in [0.15, 0.2) is 0 Å². The van der Waals surface area contributed by atoms with Gasteiger partial charge in [0.2, 0.25) is 11.8 Å². The van der Waals surface area contributed by atoms with E-state index in [0.29, 0.717) is 0 Å². The molecule has 0 spiro atoms. The number of rotatable bonds is 5. The predicted molar refractivity (Wildman–Crippen MR) is 138 cm³/mol. The van der Waals surface area contributed by atoms with Gasteiger partial charge in [0.05, 0.1) is 44.7 Å². The van der Waals surface area contributed by atoms with Gasteiger partial charge in [-0.3, -0.25) is 24.5 Å². The number of nitrogens with zero attached hydrogens (tertiary/aromatic N) is 1. The van der Waals surface area contributed by atoms with E-state index in [1.165, 1.54) is 30.3 Å². The molecule has 2 aliphatic heterocycles. The number of alkyl halides is 2. The predicted octanol–water partition coefficient (Wildman–Crippen LogP) is -0.417. The van der Waals surface area contributed by atoms with E-state index >= 15 is 0 Å². The van der Waals surface area contributed by atoms with Crippen LogP contribution in [0.25, 0.3) is 0 Å². The summed E-state index contributed by atoms with van der Waals surface area (Å²) in [4.78, 5) is 51.1. The molecular weight excluding hydrogens is 509 g/mol. The Bertz CT molecular complexity index is 1380. The van der Waals surface area contributed by atoms with Crippen LogP contribution in [-0.4, -0.2) is 81.0 Å². The van der Waals surface area contributed by atoms with Gasteiger partial charge < -0.3 is 10.2 Å². The van der Waals surface area contributed by atoms with Crippen molar-refractivity contribution in [2.24, 2.45) is 0 Å². The van der Waals surface area contributed by atoms with Crippen molar-refractivity contribution in [3.05, 3.63) is 69.7 Å². The van der Waals surface area contributed by atoms with Crippen molar-refractivity contribution < 1.29 is 28.0 Å². The van der Waals surface area contributed by atoms with E-state index in [-0.39, 0.29) is 28.3 Å². The highest BCUT2D eigenvalue weighted by molar-refractivity contribution is 6.57. The molecule has 38 heavy (non-hydrogen) atoms. The first kappa shape index (κ1) is 28.1. The van der Waals surface area contributed by atoms with E-state index in [1.54, 1.807) is 0 Å². The molecule has 16 heteroatoms. The van der Waals surface area contributed by atoms with Crippen LogP contribution in [0.15, 0.2) is 42.5 Å². The molecule has 0 aliphatic carbocycles. The second kappa shape index (κ2) is 9.07. The normalized spacial score (nSPS) is 23.1. The van der Waals surface area contributed by atoms with Crippen LogP contribution in [0.3, 0.4) is 0 Å². The summed E-state index contributed by atoms with van der Waals surface area (Å²) in [5.74, 6) is -10.4. The lowest BCUT2D eigenvalue weighted by Gasteiger charge is -2.55. The second-order valence-corrected chi connectivity index (χ2v) is 9.60. The zero-order chi connectivity index (χ0) is 28.4. The smallest absolute Gasteiger partial charge is 0.349 e. The monoisotopic (exact) mass is 521 g/mol. The maximum absolute atomic E-state index is 14.7. The minimum absolute atomic E-state index is 0.0290. The minimum atomic E-state index is -4.01. The SMILES string of the molecule is [B]C1C(=O)NC(=O)C([B])(N2Cc3cc(C([B])([B])NC(=O)C(F)(F)c4ccc(Cl)cc4)ccc3C2=O)C1([B])[B]. The van der Waals surface area contributed by atoms with Gasteiger partial charge in [0.1, 0.15) is 7.85 Å². The third-order valence-electron chi connectivity index (χ3n) is 6.67. The molecule has 4 amide bonds. The summed E-state index contributed by atoms with van der Waals surface area (Å²) in [5, 5.41) is -0.653. The lowest BCUT2D eigenvalue weighted by atomic mass is 9.31. The van der Waals surface area contributed by atoms with E-state index in [1.807, 2.05) is 10.6 Å². The van der Waals surface area contributed by atoms with Crippen LogP contribution in [0, 0.1) is 0 Å². The molecule has 2 aromatic rings. The number of carbonyl (C=O) groups is 4. The summed E-state index contributed by atoms with van der Waals surface area (Å²) in [6.07, 6.45) is 0. The molecule has 2 aliphatic rings. The fourth-order valence-electron chi connectivity index (χ4n) is 4.28. The summed E-state index contributed by atoms with van der Waals surface area (Å²) < 4.78 is 29.5. The molecule has 2 N–H and O–H groups in total. The highest BCUT2D eigenvalue weighted by Gasteiger charge is 2.59. The first-order valence-corrected chi connectivity index (χ1v) is 11.3. The standard InChI is InChI=1S/C22H12B6ClF2N3O4/c23-14-15(35)32-18(38)21(26,20(14,24)25)34-8-9-7-11(3-6-13(9)16(34)36)22(27,28)33-17(37)19(30,31)10-1-4-12(29)5-2-10/h1-7,14H,8H2,(H,33,37)(H,32,35,38). The Hall–Kier alpha value is -2.94. The number of piperidine rings is 1. The number of hydrogen-bond acceptors (Lipinski definition) is 4. The third-order valence-corrected chi connectivity index (χ3v) is 6.92. The molecule has 0 saturated carbocycles. The van der Waals surface area contributed by atoms with E-state index in [0.717, 1.165) is 17.0 Å². The number of fused-ring (bicyclic) bond motifs is 1. The summed E-state index contributed by atoms with van der Waals surface area (Å²) in [6.45, 7) is -0.367. The summed E-state index contributed by atoms with van der Waals surface area (Å²) in [7, 11) is 35.9. The number of benzene rings is 2. The van der Waals surface area contributed by atoms with Crippen molar-refractivity contribution in [3.8, 4) is 0 Å². The molecule has 0 aromatic heterocycles. The van der Waals surface area contributed by atoms with Gasteiger partial charge in [0, 0.05) is 22.7 Å². The van der Waals surface area contributed by atoms with Gasteiger partial charge in [-0.25, -0.2) is 0 Å². The van der Waals surface area contributed by atoms with Crippen molar-refractivity contribution >= 4 is 82.3 Å². The number of hydrogen-bond donors (Lipinski definition) is 2. The van der Waals surface area contributed by atoms with Crippen LogP contribution in [0.5, 0.6) is 0 Å². The van der Waals surface area contributed by atoms with Gasteiger partial charge >= 0.3 is 5.92 Å². The molecule has 12 radical (unpaired) electrons. The molecule has 1 saturated heterocycles. The van der Waals surface area contributed by atoms with E-state index < -0.39 is 56.9 Å². The van der Waals surface area contributed by atoms with E-state index in [2.05, 4.69) is 0 Å². The number of nitrogens with one attached hydrogen (secondary N) is 2. The van der Waals surface area contributed by atoms with Gasteiger partial charge in [-0.15, -0.1) is 0 Å². The molecule has 7 nitrogen and oxygen atoms in total. The molecule has 2 atom stereocenters. The van der Waals surface area contributed by atoms with Crippen LogP contribution >= 0.6 is 11.6 Å². The first-order chi connectivity index (χ1) is 17.4. The number of imide groups is 1.